The molecule has 1 aromatic rings. The molecule has 2 N–H and O–H groups in total. The first-order valence-corrected chi connectivity index (χ1v) is 7.48. The lowest BCUT2D eigenvalue weighted by atomic mass is 9.92. The van der Waals surface area contributed by atoms with Crippen LogP contribution in [0.5, 0.6) is 0 Å². The number of nitrogen functional groups attached to an aromatic ring is 1. The number of aromatic nitrogens is 1. The third-order valence-electron chi connectivity index (χ3n) is 3.32. The van der Waals surface area contributed by atoms with Crippen molar-refractivity contribution in [2.24, 2.45) is 0 Å². The van der Waals surface area contributed by atoms with E-state index < -0.39 is 0 Å². The summed E-state index contributed by atoms with van der Waals surface area (Å²) in [6.45, 7) is 4.44. The summed E-state index contributed by atoms with van der Waals surface area (Å²) in [6, 6.07) is 3.64. The normalized spacial score (nSPS) is 12.6. The van der Waals surface area contributed by atoms with Gasteiger partial charge in [-0.25, -0.2) is 4.98 Å². The Labute approximate surface area is 116 Å². The van der Waals surface area contributed by atoms with E-state index in [0.29, 0.717) is 11.7 Å². The molecule has 0 fully saturated rings. The van der Waals surface area contributed by atoms with Crippen LogP contribution in [-0.4, -0.2) is 4.98 Å². The Hall–Kier alpha value is -0.760. The van der Waals surface area contributed by atoms with E-state index in [0.717, 1.165) is 23.6 Å². The van der Waals surface area contributed by atoms with Crippen molar-refractivity contribution < 1.29 is 0 Å². The number of halogens is 1. The van der Waals surface area contributed by atoms with Crippen LogP contribution in [0.1, 0.15) is 70.4 Å². The van der Waals surface area contributed by atoms with E-state index in [1.165, 1.54) is 32.1 Å². The van der Waals surface area contributed by atoms with E-state index in [1.807, 2.05) is 6.07 Å². The molecule has 0 saturated carbocycles. The van der Waals surface area contributed by atoms with Crippen molar-refractivity contribution in [2.45, 2.75) is 64.7 Å². The van der Waals surface area contributed by atoms with Crippen molar-refractivity contribution in [1.82, 2.24) is 4.98 Å². The second kappa shape index (κ2) is 8.36. The van der Waals surface area contributed by atoms with Crippen molar-refractivity contribution in [3.63, 3.8) is 0 Å². The summed E-state index contributed by atoms with van der Waals surface area (Å²) < 4.78 is 0. The molecule has 102 valence electrons. The van der Waals surface area contributed by atoms with Gasteiger partial charge in [-0.2, -0.15) is 0 Å². The smallest absolute Gasteiger partial charge is 0.123 e. The number of anilines is 1. The maximum absolute atomic E-state index is 6.25. The Morgan fingerprint density at radius 2 is 1.89 bits per heavy atom. The SMILES string of the molecule is CCCCCCC(CCC)c1nc(N)ccc1Cl. The summed E-state index contributed by atoms with van der Waals surface area (Å²) in [5.41, 5.74) is 6.76. The summed E-state index contributed by atoms with van der Waals surface area (Å²) in [5.74, 6) is 1.03. The number of unbranched alkanes of at least 4 members (excludes halogenated alkanes) is 3. The molecule has 1 rings (SSSR count). The molecule has 0 aromatic carbocycles. The standard InChI is InChI=1S/C15H25ClN2/c1-3-5-6-7-9-12(8-4-2)15-13(16)10-11-14(17)18-15/h10-12H,3-9H2,1-2H3,(H2,17,18). The zero-order valence-corrected chi connectivity index (χ0v) is 12.3. The third kappa shape index (κ3) is 4.85. The van der Waals surface area contributed by atoms with E-state index in [1.54, 1.807) is 6.07 Å². The first-order valence-electron chi connectivity index (χ1n) is 7.10. The summed E-state index contributed by atoms with van der Waals surface area (Å²) in [6.07, 6.45) is 8.62. The predicted molar refractivity (Wildman–Crippen MR) is 80.1 cm³/mol. The molecular formula is C15H25ClN2. The number of hydrogen-bond acceptors (Lipinski definition) is 2. The van der Waals surface area contributed by atoms with Crippen LogP contribution in [0.2, 0.25) is 5.02 Å². The summed E-state index contributed by atoms with van der Waals surface area (Å²) in [5, 5.41) is 0.762. The first-order chi connectivity index (χ1) is 8.69. The second-order valence-corrected chi connectivity index (χ2v) is 5.35. The molecule has 3 heteroatoms. The first kappa shape index (κ1) is 15.3. The number of rotatable bonds is 8. The Bertz CT molecular complexity index is 352. The Balaban J connectivity index is 2.67. The minimum Gasteiger partial charge on any atom is -0.384 e. The second-order valence-electron chi connectivity index (χ2n) is 4.94. The van der Waals surface area contributed by atoms with E-state index in [9.17, 15) is 0 Å². The van der Waals surface area contributed by atoms with Crippen LogP contribution in [0.3, 0.4) is 0 Å². The van der Waals surface area contributed by atoms with Crippen LogP contribution in [0.4, 0.5) is 5.82 Å². The molecule has 1 atom stereocenters. The van der Waals surface area contributed by atoms with Gasteiger partial charge in [0, 0.05) is 5.92 Å². The molecule has 0 aliphatic rings. The number of hydrogen-bond donors (Lipinski definition) is 1. The van der Waals surface area contributed by atoms with Crippen molar-refractivity contribution >= 4 is 17.4 Å². The molecule has 0 aliphatic carbocycles. The quantitative estimate of drug-likeness (QED) is 0.661. The van der Waals surface area contributed by atoms with Gasteiger partial charge in [-0.3, -0.25) is 0 Å². The maximum atomic E-state index is 6.25. The number of nitrogens with zero attached hydrogens (tertiary/aromatic N) is 1. The average molecular weight is 269 g/mol. The molecule has 1 heterocycles. The molecule has 0 aliphatic heterocycles. The van der Waals surface area contributed by atoms with Gasteiger partial charge < -0.3 is 5.73 Å². The highest BCUT2D eigenvalue weighted by atomic mass is 35.5. The van der Waals surface area contributed by atoms with E-state index in [-0.39, 0.29) is 0 Å². The largest absolute Gasteiger partial charge is 0.384 e. The van der Waals surface area contributed by atoms with Gasteiger partial charge in [0.1, 0.15) is 5.82 Å². The van der Waals surface area contributed by atoms with Gasteiger partial charge in [0.25, 0.3) is 0 Å². The zero-order chi connectivity index (χ0) is 13.4. The van der Waals surface area contributed by atoms with Crippen molar-refractivity contribution in [2.75, 3.05) is 5.73 Å². The lowest BCUT2D eigenvalue weighted by Crippen LogP contribution is -2.05. The van der Waals surface area contributed by atoms with Crippen LogP contribution in [0.15, 0.2) is 12.1 Å². The highest BCUT2D eigenvalue weighted by molar-refractivity contribution is 6.31. The topological polar surface area (TPSA) is 38.9 Å². The summed E-state index contributed by atoms with van der Waals surface area (Å²) in [4.78, 5) is 4.44. The van der Waals surface area contributed by atoms with Gasteiger partial charge in [0.2, 0.25) is 0 Å². The molecule has 1 unspecified atom stereocenters. The minimum absolute atomic E-state index is 0.461. The highest BCUT2D eigenvalue weighted by Crippen LogP contribution is 2.31. The van der Waals surface area contributed by atoms with E-state index >= 15 is 0 Å². The van der Waals surface area contributed by atoms with Gasteiger partial charge in [-0.05, 0) is 25.0 Å². The number of pyridine rings is 1. The van der Waals surface area contributed by atoms with Gasteiger partial charge in [0.05, 0.1) is 10.7 Å². The van der Waals surface area contributed by atoms with Gasteiger partial charge in [-0.15, -0.1) is 0 Å². The van der Waals surface area contributed by atoms with Crippen molar-refractivity contribution in [3.8, 4) is 0 Å². The Morgan fingerprint density at radius 1 is 1.11 bits per heavy atom. The predicted octanol–water partition coefficient (Wildman–Crippen LogP) is 5.17. The Kier molecular flexibility index (Phi) is 7.11. The van der Waals surface area contributed by atoms with Crippen molar-refractivity contribution in [1.29, 1.82) is 0 Å². The van der Waals surface area contributed by atoms with Gasteiger partial charge in [0.15, 0.2) is 0 Å². The van der Waals surface area contributed by atoms with Crippen molar-refractivity contribution in [3.05, 3.63) is 22.8 Å². The van der Waals surface area contributed by atoms with Crippen LogP contribution >= 0.6 is 11.6 Å². The highest BCUT2D eigenvalue weighted by Gasteiger charge is 2.15. The van der Waals surface area contributed by atoms with Gasteiger partial charge >= 0.3 is 0 Å². The number of nitrogens with two attached hydrogens (primary N) is 1. The molecule has 0 saturated heterocycles. The van der Waals surface area contributed by atoms with E-state index in [2.05, 4.69) is 18.8 Å². The molecule has 0 bridgehead atoms. The molecule has 0 amide bonds. The fourth-order valence-electron chi connectivity index (χ4n) is 2.34. The molecule has 0 spiro atoms. The molecule has 0 radical (unpaired) electrons. The molecule has 18 heavy (non-hydrogen) atoms. The summed E-state index contributed by atoms with van der Waals surface area (Å²) >= 11 is 6.25. The fourth-order valence-corrected chi connectivity index (χ4v) is 2.60. The molecule has 1 aromatic heterocycles. The lowest BCUT2D eigenvalue weighted by Gasteiger charge is -2.17. The fraction of sp³-hybridized carbons (Fsp3) is 0.667. The summed E-state index contributed by atoms with van der Waals surface area (Å²) in [7, 11) is 0. The zero-order valence-electron chi connectivity index (χ0n) is 11.6. The average Bonchev–Trinajstić information content (AvgIpc) is 2.36. The molecular weight excluding hydrogens is 244 g/mol. The van der Waals surface area contributed by atoms with E-state index in [4.69, 9.17) is 17.3 Å². The van der Waals surface area contributed by atoms with Crippen LogP contribution in [0.25, 0.3) is 0 Å². The maximum Gasteiger partial charge on any atom is 0.123 e. The minimum atomic E-state index is 0.461. The monoisotopic (exact) mass is 268 g/mol. The van der Waals surface area contributed by atoms with Crippen LogP contribution in [0, 0.1) is 0 Å². The van der Waals surface area contributed by atoms with Crippen LogP contribution in [-0.2, 0) is 0 Å². The Morgan fingerprint density at radius 3 is 2.56 bits per heavy atom. The van der Waals surface area contributed by atoms with Gasteiger partial charge in [-0.1, -0.05) is 57.6 Å². The lowest BCUT2D eigenvalue weighted by molar-refractivity contribution is 0.513. The van der Waals surface area contributed by atoms with Crippen LogP contribution < -0.4 is 5.73 Å². The molecule has 2 nitrogen and oxygen atoms in total. The third-order valence-corrected chi connectivity index (χ3v) is 3.64.